The van der Waals surface area contributed by atoms with E-state index in [1.165, 1.54) is 29.4 Å². The largest absolute Gasteiger partial charge is 0.382 e. The summed E-state index contributed by atoms with van der Waals surface area (Å²) in [5.74, 6) is -0.664. The van der Waals surface area contributed by atoms with Crippen molar-refractivity contribution in [2.75, 3.05) is 31.6 Å². The summed E-state index contributed by atoms with van der Waals surface area (Å²) in [5.41, 5.74) is 0.683. The fraction of sp³-hybridized carbons (Fsp3) is 0.389. The number of nitrogens with zero attached hydrogens (tertiary/aromatic N) is 2. The van der Waals surface area contributed by atoms with E-state index in [4.69, 9.17) is 4.74 Å². The van der Waals surface area contributed by atoms with E-state index in [0.29, 0.717) is 31.7 Å². The molecule has 1 aromatic heterocycles. The summed E-state index contributed by atoms with van der Waals surface area (Å²) in [6.45, 7) is 3.26. The average molecular weight is 363 g/mol. The highest BCUT2D eigenvalue weighted by molar-refractivity contribution is 5.94. The second kappa shape index (κ2) is 10.3. The Morgan fingerprint density at radius 2 is 2.04 bits per heavy atom. The topological polar surface area (TPSA) is 84.7 Å². The molecule has 8 heteroatoms. The number of carbonyl (C=O) groups is 2. The van der Waals surface area contributed by atoms with Crippen LogP contribution in [-0.4, -0.2) is 48.2 Å². The van der Waals surface area contributed by atoms with Gasteiger partial charge in [0.1, 0.15) is 12.1 Å². The molecule has 2 rings (SSSR count). The van der Waals surface area contributed by atoms with Crippen LogP contribution in [0.3, 0.4) is 0 Å². The number of halogens is 1. The Balaban J connectivity index is 1.95. The predicted octanol–water partition coefficient (Wildman–Crippen LogP) is 2.25. The van der Waals surface area contributed by atoms with Crippen molar-refractivity contribution < 1.29 is 23.2 Å². The SMILES string of the molecule is CCOCCCN(CC(=O)Nc1ccon1)C(=O)Cc1ccc(F)cc1. The minimum absolute atomic E-state index is 0.0894. The van der Waals surface area contributed by atoms with Crippen LogP contribution in [0.2, 0.25) is 0 Å². The first-order valence-electron chi connectivity index (χ1n) is 8.38. The lowest BCUT2D eigenvalue weighted by Gasteiger charge is -2.22. The number of hydrogen-bond donors (Lipinski definition) is 1. The molecule has 0 unspecified atom stereocenters. The number of benzene rings is 1. The lowest BCUT2D eigenvalue weighted by atomic mass is 10.1. The predicted molar refractivity (Wildman–Crippen MR) is 92.9 cm³/mol. The molecule has 0 aliphatic carbocycles. The maximum Gasteiger partial charge on any atom is 0.245 e. The molecule has 1 aromatic carbocycles. The Kier molecular flexibility index (Phi) is 7.75. The van der Waals surface area contributed by atoms with E-state index >= 15 is 0 Å². The summed E-state index contributed by atoms with van der Waals surface area (Å²) < 4.78 is 22.9. The van der Waals surface area contributed by atoms with Gasteiger partial charge in [0.05, 0.1) is 13.0 Å². The van der Waals surface area contributed by atoms with Crippen molar-refractivity contribution in [1.29, 1.82) is 0 Å². The highest BCUT2D eigenvalue weighted by atomic mass is 19.1. The zero-order valence-corrected chi connectivity index (χ0v) is 14.6. The van der Waals surface area contributed by atoms with E-state index in [0.717, 1.165) is 0 Å². The molecule has 0 saturated carbocycles. The van der Waals surface area contributed by atoms with Gasteiger partial charge in [-0.05, 0) is 31.0 Å². The van der Waals surface area contributed by atoms with E-state index in [2.05, 4.69) is 15.0 Å². The highest BCUT2D eigenvalue weighted by Gasteiger charge is 2.18. The smallest absolute Gasteiger partial charge is 0.245 e. The van der Waals surface area contributed by atoms with Crippen LogP contribution in [0.4, 0.5) is 10.2 Å². The molecule has 7 nitrogen and oxygen atoms in total. The average Bonchev–Trinajstić information content (AvgIpc) is 3.12. The molecule has 2 aromatic rings. The van der Waals surface area contributed by atoms with E-state index in [1.807, 2.05) is 6.92 Å². The summed E-state index contributed by atoms with van der Waals surface area (Å²) in [6, 6.07) is 7.23. The number of amides is 2. The molecule has 1 N–H and O–H groups in total. The summed E-state index contributed by atoms with van der Waals surface area (Å²) in [7, 11) is 0. The molecule has 0 radical (unpaired) electrons. The molecule has 0 spiro atoms. The summed E-state index contributed by atoms with van der Waals surface area (Å²) in [5, 5.41) is 6.17. The first kappa shape index (κ1) is 19.6. The molecule has 0 aliphatic heterocycles. The van der Waals surface area contributed by atoms with Gasteiger partial charge in [0, 0.05) is 25.8 Å². The summed E-state index contributed by atoms with van der Waals surface area (Å²) in [4.78, 5) is 26.2. The number of carbonyl (C=O) groups excluding carboxylic acids is 2. The summed E-state index contributed by atoms with van der Waals surface area (Å²) >= 11 is 0. The van der Waals surface area contributed by atoms with Gasteiger partial charge >= 0.3 is 0 Å². The van der Waals surface area contributed by atoms with Crippen molar-refractivity contribution in [3.63, 3.8) is 0 Å². The molecule has 0 aliphatic rings. The Hall–Kier alpha value is -2.74. The summed E-state index contributed by atoms with van der Waals surface area (Å²) in [6.07, 6.45) is 2.04. The second-order valence-electron chi connectivity index (χ2n) is 5.60. The zero-order valence-electron chi connectivity index (χ0n) is 14.6. The van der Waals surface area contributed by atoms with Gasteiger partial charge in [0.25, 0.3) is 0 Å². The van der Waals surface area contributed by atoms with Crippen molar-refractivity contribution >= 4 is 17.6 Å². The van der Waals surface area contributed by atoms with Gasteiger partial charge < -0.3 is 19.5 Å². The quantitative estimate of drug-likeness (QED) is 0.655. The van der Waals surface area contributed by atoms with Crippen molar-refractivity contribution in [1.82, 2.24) is 10.1 Å². The van der Waals surface area contributed by atoms with Crippen LogP contribution >= 0.6 is 0 Å². The molecule has 26 heavy (non-hydrogen) atoms. The van der Waals surface area contributed by atoms with Crippen molar-refractivity contribution in [2.45, 2.75) is 19.8 Å². The zero-order chi connectivity index (χ0) is 18.8. The van der Waals surface area contributed by atoms with Crippen LogP contribution in [0.1, 0.15) is 18.9 Å². The van der Waals surface area contributed by atoms with E-state index in [1.54, 1.807) is 12.1 Å². The van der Waals surface area contributed by atoms with Gasteiger partial charge in [-0.25, -0.2) is 4.39 Å². The fourth-order valence-corrected chi connectivity index (χ4v) is 2.32. The molecule has 0 bridgehead atoms. The van der Waals surface area contributed by atoms with E-state index in [-0.39, 0.29) is 36.4 Å². The van der Waals surface area contributed by atoms with Gasteiger partial charge in [-0.15, -0.1) is 0 Å². The van der Waals surface area contributed by atoms with Crippen LogP contribution < -0.4 is 5.32 Å². The number of nitrogens with one attached hydrogen (secondary N) is 1. The minimum Gasteiger partial charge on any atom is -0.382 e. The third-order valence-electron chi connectivity index (χ3n) is 3.58. The monoisotopic (exact) mass is 363 g/mol. The second-order valence-corrected chi connectivity index (χ2v) is 5.60. The van der Waals surface area contributed by atoms with Gasteiger partial charge in [0.2, 0.25) is 11.8 Å². The van der Waals surface area contributed by atoms with Gasteiger partial charge in [0.15, 0.2) is 5.82 Å². The molecule has 140 valence electrons. The van der Waals surface area contributed by atoms with Crippen LogP contribution in [-0.2, 0) is 20.7 Å². The molecular formula is C18H22FN3O4. The van der Waals surface area contributed by atoms with Crippen molar-refractivity contribution in [3.8, 4) is 0 Å². The molecule has 0 atom stereocenters. The lowest BCUT2D eigenvalue weighted by Crippen LogP contribution is -2.40. The maximum atomic E-state index is 13.0. The standard InChI is InChI=1S/C18H22FN3O4/c1-2-25-10-3-9-22(13-17(23)20-16-8-11-26-21-16)18(24)12-14-4-6-15(19)7-5-14/h4-8,11H,2-3,9-10,12-13H2,1H3,(H,20,21,23). The van der Waals surface area contributed by atoms with Crippen molar-refractivity contribution in [2.24, 2.45) is 0 Å². The Bertz CT molecular complexity index is 689. The van der Waals surface area contributed by atoms with E-state index in [9.17, 15) is 14.0 Å². The fourth-order valence-electron chi connectivity index (χ4n) is 2.32. The van der Waals surface area contributed by atoms with Crippen LogP contribution in [0.15, 0.2) is 41.1 Å². The van der Waals surface area contributed by atoms with Crippen LogP contribution in [0.25, 0.3) is 0 Å². The number of rotatable bonds is 10. The van der Waals surface area contributed by atoms with Gasteiger partial charge in [-0.1, -0.05) is 17.3 Å². The number of hydrogen-bond acceptors (Lipinski definition) is 5. The van der Waals surface area contributed by atoms with Gasteiger partial charge in [-0.2, -0.15) is 0 Å². The van der Waals surface area contributed by atoms with E-state index < -0.39 is 0 Å². The van der Waals surface area contributed by atoms with Crippen LogP contribution in [0, 0.1) is 5.82 Å². The number of aromatic nitrogens is 1. The Labute approximate surface area is 151 Å². The normalized spacial score (nSPS) is 10.5. The lowest BCUT2D eigenvalue weighted by molar-refractivity contribution is -0.134. The minimum atomic E-state index is -0.372. The third kappa shape index (κ3) is 6.64. The third-order valence-corrected chi connectivity index (χ3v) is 3.58. The molecular weight excluding hydrogens is 341 g/mol. The first-order valence-corrected chi connectivity index (χ1v) is 8.38. The molecule has 1 heterocycles. The molecule has 0 saturated heterocycles. The number of anilines is 1. The van der Waals surface area contributed by atoms with Crippen LogP contribution in [0.5, 0.6) is 0 Å². The molecule has 0 fully saturated rings. The highest BCUT2D eigenvalue weighted by Crippen LogP contribution is 2.07. The first-order chi connectivity index (χ1) is 12.6. The Morgan fingerprint density at radius 1 is 1.27 bits per heavy atom. The maximum absolute atomic E-state index is 13.0. The van der Waals surface area contributed by atoms with Gasteiger partial charge in [-0.3, -0.25) is 9.59 Å². The molecule has 2 amide bonds. The number of ether oxygens (including phenoxy) is 1. The van der Waals surface area contributed by atoms with Crippen molar-refractivity contribution in [3.05, 3.63) is 48.0 Å². The Morgan fingerprint density at radius 3 is 2.69 bits per heavy atom.